The Bertz CT molecular complexity index is 115. The first kappa shape index (κ1) is 12.9. The van der Waals surface area contributed by atoms with Crippen LogP contribution < -0.4 is 5.32 Å². The molecular weight excluding hydrogens is 160 g/mol. The predicted octanol–water partition coefficient (Wildman–Crippen LogP) is 2.10. The Morgan fingerprint density at radius 2 is 1.85 bits per heavy atom. The van der Waals surface area contributed by atoms with Crippen molar-refractivity contribution in [3.8, 4) is 0 Å². The second-order valence-electron chi connectivity index (χ2n) is 4.02. The van der Waals surface area contributed by atoms with E-state index in [2.05, 4.69) is 45.0 Å². The van der Waals surface area contributed by atoms with Crippen LogP contribution in [0.5, 0.6) is 0 Å². The highest BCUT2D eigenvalue weighted by atomic mass is 15.1. The molecule has 0 rings (SSSR count). The lowest BCUT2D eigenvalue weighted by molar-refractivity contribution is 0.231. The molecule has 0 aromatic carbocycles. The fraction of sp³-hybridized carbons (Fsp3) is 1.00. The molecule has 0 amide bonds. The average molecular weight is 186 g/mol. The van der Waals surface area contributed by atoms with Crippen LogP contribution in [0, 0.1) is 0 Å². The molecule has 13 heavy (non-hydrogen) atoms. The zero-order valence-corrected chi connectivity index (χ0v) is 9.93. The zero-order valence-electron chi connectivity index (χ0n) is 9.93. The van der Waals surface area contributed by atoms with Gasteiger partial charge in [0, 0.05) is 12.1 Å². The summed E-state index contributed by atoms with van der Waals surface area (Å²) in [5.74, 6) is 0. The van der Waals surface area contributed by atoms with Crippen LogP contribution in [0.2, 0.25) is 0 Å². The summed E-state index contributed by atoms with van der Waals surface area (Å²) in [7, 11) is 2.22. The summed E-state index contributed by atoms with van der Waals surface area (Å²) in [5.41, 5.74) is 0. The van der Waals surface area contributed by atoms with Gasteiger partial charge in [0.25, 0.3) is 0 Å². The van der Waals surface area contributed by atoms with Crippen molar-refractivity contribution in [1.29, 1.82) is 0 Å². The Kier molecular flexibility index (Phi) is 7.29. The van der Waals surface area contributed by atoms with E-state index < -0.39 is 0 Å². The fourth-order valence-corrected chi connectivity index (χ4v) is 1.70. The third-order valence-electron chi connectivity index (χ3n) is 2.58. The van der Waals surface area contributed by atoms with Crippen LogP contribution in [0.1, 0.15) is 40.5 Å². The van der Waals surface area contributed by atoms with Gasteiger partial charge in [-0.15, -0.1) is 0 Å². The van der Waals surface area contributed by atoms with E-state index in [9.17, 15) is 0 Å². The highest BCUT2D eigenvalue weighted by Crippen LogP contribution is 2.04. The van der Waals surface area contributed by atoms with E-state index in [1.54, 1.807) is 0 Å². The molecule has 2 nitrogen and oxygen atoms in total. The van der Waals surface area contributed by atoms with Gasteiger partial charge < -0.3 is 10.2 Å². The van der Waals surface area contributed by atoms with Crippen molar-refractivity contribution >= 4 is 0 Å². The van der Waals surface area contributed by atoms with E-state index in [-0.39, 0.29) is 0 Å². The van der Waals surface area contributed by atoms with E-state index in [1.165, 1.54) is 19.4 Å². The molecule has 2 atom stereocenters. The Morgan fingerprint density at radius 1 is 1.23 bits per heavy atom. The van der Waals surface area contributed by atoms with Gasteiger partial charge in [-0.05, 0) is 46.8 Å². The molecule has 0 aliphatic carbocycles. The molecule has 0 bridgehead atoms. The summed E-state index contributed by atoms with van der Waals surface area (Å²) in [6.07, 6.45) is 2.49. The minimum atomic E-state index is 0.638. The molecule has 80 valence electrons. The minimum Gasteiger partial charge on any atom is -0.314 e. The van der Waals surface area contributed by atoms with Crippen molar-refractivity contribution in [3.63, 3.8) is 0 Å². The van der Waals surface area contributed by atoms with E-state index in [1.807, 2.05) is 0 Å². The number of nitrogens with zero attached hydrogens (tertiary/aromatic N) is 1. The van der Waals surface area contributed by atoms with Crippen molar-refractivity contribution in [1.82, 2.24) is 10.2 Å². The van der Waals surface area contributed by atoms with Gasteiger partial charge >= 0.3 is 0 Å². The van der Waals surface area contributed by atoms with Gasteiger partial charge in [-0.2, -0.15) is 0 Å². The molecule has 0 spiro atoms. The van der Waals surface area contributed by atoms with E-state index in [0.717, 1.165) is 6.54 Å². The van der Waals surface area contributed by atoms with Gasteiger partial charge in [0.2, 0.25) is 0 Å². The van der Waals surface area contributed by atoms with Gasteiger partial charge in [0.1, 0.15) is 0 Å². The average Bonchev–Trinajstić information content (AvgIpc) is 2.05. The highest BCUT2D eigenvalue weighted by molar-refractivity contribution is 4.70. The first-order chi connectivity index (χ1) is 6.11. The second kappa shape index (κ2) is 7.34. The third kappa shape index (κ3) is 6.05. The molecule has 0 aliphatic rings. The topological polar surface area (TPSA) is 15.3 Å². The lowest BCUT2D eigenvalue weighted by Gasteiger charge is -2.26. The van der Waals surface area contributed by atoms with Crippen molar-refractivity contribution in [3.05, 3.63) is 0 Å². The molecule has 0 radical (unpaired) electrons. The van der Waals surface area contributed by atoms with Crippen LogP contribution in [0.15, 0.2) is 0 Å². The zero-order chi connectivity index (χ0) is 10.3. The summed E-state index contributed by atoms with van der Waals surface area (Å²) in [4.78, 5) is 2.44. The molecule has 0 aliphatic heterocycles. The Balaban J connectivity index is 3.64. The lowest BCUT2D eigenvalue weighted by Crippen LogP contribution is -2.36. The molecule has 0 fully saturated rings. The fourth-order valence-electron chi connectivity index (χ4n) is 1.70. The van der Waals surface area contributed by atoms with Crippen LogP contribution in [0.25, 0.3) is 0 Å². The largest absolute Gasteiger partial charge is 0.314 e. The first-order valence-electron chi connectivity index (χ1n) is 5.55. The normalized spacial score (nSPS) is 16.2. The van der Waals surface area contributed by atoms with Gasteiger partial charge in [0.05, 0.1) is 0 Å². The van der Waals surface area contributed by atoms with Crippen molar-refractivity contribution in [2.45, 2.75) is 52.6 Å². The first-order valence-corrected chi connectivity index (χ1v) is 5.55. The van der Waals surface area contributed by atoms with Crippen LogP contribution >= 0.6 is 0 Å². The summed E-state index contributed by atoms with van der Waals surface area (Å²) in [6.45, 7) is 11.3. The second-order valence-corrected chi connectivity index (χ2v) is 4.02. The summed E-state index contributed by atoms with van der Waals surface area (Å²) in [5, 5.41) is 3.45. The van der Waals surface area contributed by atoms with E-state index >= 15 is 0 Å². The van der Waals surface area contributed by atoms with Crippen molar-refractivity contribution in [2.75, 3.05) is 20.1 Å². The maximum atomic E-state index is 3.45. The molecule has 0 heterocycles. The summed E-state index contributed by atoms with van der Waals surface area (Å²) < 4.78 is 0. The van der Waals surface area contributed by atoms with Gasteiger partial charge in [-0.3, -0.25) is 0 Å². The van der Waals surface area contributed by atoms with E-state index in [0.29, 0.717) is 12.1 Å². The quantitative estimate of drug-likeness (QED) is 0.655. The van der Waals surface area contributed by atoms with Crippen molar-refractivity contribution < 1.29 is 0 Å². The summed E-state index contributed by atoms with van der Waals surface area (Å²) in [6, 6.07) is 1.33. The van der Waals surface area contributed by atoms with Crippen LogP contribution in [0.4, 0.5) is 0 Å². The van der Waals surface area contributed by atoms with Crippen LogP contribution in [0.3, 0.4) is 0 Å². The number of nitrogens with one attached hydrogen (secondary N) is 1. The molecular formula is C11H26N2. The maximum absolute atomic E-state index is 3.45. The number of hydrogen-bond acceptors (Lipinski definition) is 2. The lowest BCUT2D eigenvalue weighted by atomic mass is 10.1. The highest BCUT2D eigenvalue weighted by Gasteiger charge is 2.11. The van der Waals surface area contributed by atoms with Gasteiger partial charge in [-0.1, -0.05) is 13.8 Å². The predicted molar refractivity (Wildman–Crippen MR) is 60.1 cm³/mol. The van der Waals surface area contributed by atoms with E-state index in [4.69, 9.17) is 0 Å². The monoisotopic (exact) mass is 186 g/mol. The number of hydrogen-bond donors (Lipinski definition) is 1. The molecule has 0 aromatic heterocycles. The minimum absolute atomic E-state index is 0.638. The molecule has 0 saturated carbocycles. The standard InChI is InChI=1S/C11H26N2/c1-6-8-13(5)11(4)9-10(3)12-7-2/h10-12H,6-9H2,1-5H3. The molecule has 1 N–H and O–H groups in total. The third-order valence-corrected chi connectivity index (χ3v) is 2.58. The molecule has 2 heteroatoms. The van der Waals surface area contributed by atoms with Crippen LogP contribution in [-0.4, -0.2) is 37.1 Å². The van der Waals surface area contributed by atoms with Crippen molar-refractivity contribution in [2.24, 2.45) is 0 Å². The smallest absolute Gasteiger partial charge is 0.00785 e. The summed E-state index contributed by atoms with van der Waals surface area (Å²) >= 11 is 0. The van der Waals surface area contributed by atoms with Crippen LogP contribution in [-0.2, 0) is 0 Å². The number of rotatable bonds is 7. The molecule has 2 unspecified atom stereocenters. The maximum Gasteiger partial charge on any atom is 0.00785 e. The Morgan fingerprint density at radius 3 is 2.31 bits per heavy atom. The molecule has 0 aromatic rings. The Labute approximate surface area is 83.7 Å². The van der Waals surface area contributed by atoms with Gasteiger partial charge in [-0.25, -0.2) is 0 Å². The Hall–Kier alpha value is -0.0800. The molecule has 0 saturated heterocycles. The SMILES string of the molecule is CCCN(C)C(C)CC(C)NCC. The van der Waals surface area contributed by atoms with Gasteiger partial charge in [0.15, 0.2) is 0 Å².